The molecular formula is C27H38N2O6S2. The van der Waals surface area contributed by atoms with Crippen LogP contribution in [0.4, 0.5) is 10.0 Å². The molecule has 0 aromatic carbocycles. The van der Waals surface area contributed by atoms with Gasteiger partial charge in [-0.25, -0.2) is 9.59 Å². The van der Waals surface area contributed by atoms with Crippen LogP contribution in [0.5, 0.6) is 0 Å². The van der Waals surface area contributed by atoms with Crippen LogP contribution in [0.3, 0.4) is 0 Å². The van der Waals surface area contributed by atoms with E-state index in [1.807, 2.05) is 27.7 Å². The molecule has 2 N–H and O–H groups in total. The lowest BCUT2D eigenvalue weighted by molar-refractivity contribution is -0.117. The number of thiophene rings is 2. The molecule has 10 heteroatoms. The van der Waals surface area contributed by atoms with Crippen LogP contribution in [0.15, 0.2) is 0 Å². The number of hydrogen-bond acceptors (Lipinski definition) is 8. The van der Waals surface area contributed by atoms with E-state index in [-0.39, 0.29) is 36.9 Å². The monoisotopic (exact) mass is 550 g/mol. The van der Waals surface area contributed by atoms with Crippen LogP contribution in [0, 0.1) is 13.8 Å². The summed E-state index contributed by atoms with van der Waals surface area (Å²) in [5.41, 5.74) is 2.56. The number of amides is 2. The molecular weight excluding hydrogens is 512 g/mol. The molecule has 2 heterocycles. The summed E-state index contributed by atoms with van der Waals surface area (Å²) in [5.74, 6) is -1.46. The number of rotatable bonds is 12. The molecule has 2 amide bonds. The Labute approximate surface area is 227 Å². The van der Waals surface area contributed by atoms with Crippen molar-refractivity contribution in [3.05, 3.63) is 32.0 Å². The fraction of sp³-hybridized carbons (Fsp3) is 0.556. The second-order valence-electron chi connectivity index (χ2n) is 9.25. The maximum atomic E-state index is 12.7. The Morgan fingerprint density at radius 1 is 0.703 bits per heavy atom. The Hall–Kier alpha value is -2.72. The number of carbonyl (C=O) groups excluding carboxylic acids is 4. The molecule has 2 aromatic rings. The van der Waals surface area contributed by atoms with E-state index in [1.54, 1.807) is 27.7 Å². The Morgan fingerprint density at radius 2 is 1.05 bits per heavy atom. The fourth-order valence-electron chi connectivity index (χ4n) is 3.95. The van der Waals surface area contributed by atoms with Crippen LogP contribution in [-0.2, 0) is 31.9 Å². The van der Waals surface area contributed by atoms with Crippen molar-refractivity contribution in [1.82, 2.24) is 0 Å². The van der Waals surface area contributed by atoms with E-state index in [0.29, 0.717) is 40.4 Å². The molecule has 2 rings (SSSR count). The highest BCUT2D eigenvalue weighted by atomic mass is 32.1. The van der Waals surface area contributed by atoms with Gasteiger partial charge in [0.05, 0.1) is 23.3 Å². The van der Waals surface area contributed by atoms with Gasteiger partial charge in [-0.1, -0.05) is 13.8 Å². The zero-order valence-electron chi connectivity index (χ0n) is 23.0. The topological polar surface area (TPSA) is 111 Å². The Balaban J connectivity index is 2.02. The first-order chi connectivity index (χ1) is 17.4. The standard InChI is InChI=1S/C27H38N2O6S2/c1-9-18-16(7)36-24(22(18)26(32)34-14(3)4)28-20(30)12-11-13-21(31)29-25-23(27(33)35-15(5)6)19(10-2)17(8)37-25/h14-15H,9-13H2,1-8H3,(H,28,30)(H,29,31). The van der Waals surface area contributed by atoms with E-state index in [1.165, 1.54) is 22.7 Å². The summed E-state index contributed by atoms with van der Waals surface area (Å²) in [4.78, 5) is 52.5. The first-order valence-electron chi connectivity index (χ1n) is 12.7. The number of carbonyl (C=O) groups is 4. The zero-order valence-corrected chi connectivity index (χ0v) is 24.6. The number of nitrogens with one attached hydrogen (secondary N) is 2. The van der Waals surface area contributed by atoms with E-state index < -0.39 is 11.9 Å². The van der Waals surface area contributed by atoms with Gasteiger partial charge in [0.25, 0.3) is 0 Å². The first kappa shape index (κ1) is 30.5. The minimum Gasteiger partial charge on any atom is -0.459 e. The molecule has 37 heavy (non-hydrogen) atoms. The van der Waals surface area contributed by atoms with Gasteiger partial charge >= 0.3 is 11.9 Å². The average molecular weight is 551 g/mol. The van der Waals surface area contributed by atoms with Crippen molar-refractivity contribution in [2.75, 3.05) is 10.6 Å². The van der Waals surface area contributed by atoms with Gasteiger partial charge in [0.15, 0.2) is 0 Å². The number of hydrogen-bond donors (Lipinski definition) is 2. The van der Waals surface area contributed by atoms with Gasteiger partial charge in [-0.15, -0.1) is 22.7 Å². The molecule has 0 saturated carbocycles. The van der Waals surface area contributed by atoms with Crippen LogP contribution in [0.2, 0.25) is 0 Å². The summed E-state index contributed by atoms with van der Waals surface area (Å²) < 4.78 is 10.8. The van der Waals surface area contributed by atoms with E-state index >= 15 is 0 Å². The van der Waals surface area contributed by atoms with Crippen molar-refractivity contribution < 1.29 is 28.7 Å². The van der Waals surface area contributed by atoms with Crippen molar-refractivity contribution in [3.8, 4) is 0 Å². The summed E-state index contributed by atoms with van der Waals surface area (Å²) in [7, 11) is 0. The highest BCUT2D eigenvalue weighted by Gasteiger charge is 2.26. The van der Waals surface area contributed by atoms with Gasteiger partial charge in [-0.3, -0.25) is 9.59 Å². The molecule has 8 nitrogen and oxygen atoms in total. The van der Waals surface area contributed by atoms with Crippen LogP contribution in [0.25, 0.3) is 0 Å². The van der Waals surface area contributed by atoms with Crippen molar-refractivity contribution in [1.29, 1.82) is 0 Å². The smallest absolute Gasteiger partial charge is 0.341 e. The van der Waals surface area contributed by atoms with Gasteiger partial charge in [0.1, 0.15) is 10.0 Å². The molecule has 0 aliphatic heterocycles. The summed E-state index contributed by atoms with van der Waals surface area (Å²) in [5, 5.41) is 6.62. The average Bonchev–Trinajstić information content (AvgIpc) is 3.27. The first-order valence-corrected chi connectivity index (χ1v) is 14.3. The molecule has 0 saturated heterocycles. The predicted octanol–water partition coefficient (Wildman–Crippen LogP) is 6.43. The summed E-state index contributed by atoms with van der Waals surface area (Å²) in [6.45, 7) is 14.9. The number of aryl methyl sites for hydroxylation is 2. The zero-order chi connectivity index (χ0) is 27.9. The van der Waals surface area contributed by atoms with Crippen molar-refractivity contribution in [2.24, 2.45) is 0 Å². The predicted molar refractivity (Wildman–Crippen MR) is 149 cm³/mol. The summed E-state index contributed by atoms with van der Waals surface area (Å²) in [6, 6.07) is 0. The van der Waals surface area contributed by atoms with Gasteiger partial charge in [0, 0.05) is 22.6 Å². The molecule has 0 fully saturated rings. The number of ether oxygens (including phenoxy) is 2. The number of anilines is 2. The molecule has 2 aromatic heterocycles. The highest BCUT2D eigenvalue weighted by molar-refractivity contribution is 7.17. The third-order valence-electron chi connectivity index (χ3n) is 5.53. The Bertz CT molecular complexity index is 1060. The largest absolute Gasteiger partial charge is 0.459 e. The van der Waals surface area contributed by atoms with Gasteiger partial charge in [0.2, 0.25) is 11.8 Å². The minimum absolute atomic E-state index is 0.108. The van der Waals surface area contributed by atoms with E-state index in [2.05, 4.69) is 10.6 Å². The minimum atomic E-state index is -0.449. The third kappa shape index (κ3) is 8.13. The normalized spacial score (nSPS) is 11.1. The molecule has 0 aliphatic rings. The van der Waals surface area contributed by atoms with Crippen LogP contribution < -0.4 is 10.6 Å². The van der Waals surface area contributed by atoms with Gasteiger partial charge in [-0.2, -0.15) is 0 Å². The van der Waals surface area contributed by atoms with Crippen LogP contribution >= 0.6 is 22.7 Å². The molecule has 0 spiro atoms. The lowest BCUT2D eigenvalue weighted by Crippen LogP contribution is -2.18. The number of esters is 2. The Morgan fingerprint density at radius 3 is 1.35 bits per heavy atom. The van der Waals surface area contributed by atoms with Crippen molar-refractivity contribution in [3.63, 3.8) is 0 Å². The summed E-state index contributed by atoms with van der Waals surface area (Å²) >= 11 is 2.70. The van der Waals surface area contributed by atoms with Crippen molar-refractivity contribution in [2.45, 2.75) is 99.7 Å². The third-order valence-corrected chi connectivity index (χ3v) is 7.66. The lowest BCUT2D eigenvalue weighted by Gasteiger charge is -2.11. The van der Waals surface area contributed by atoms with E-state index in [9.17, 15) is 19.2 Å². The van der Waals surface area contributed by atoms with E-state index in [0.717, 1.165) is 20.9 Å². The molecule has 0 aliphatic carbocycles. The Kier molecular flexibility index (Phi) is 11.3. The molecule has 0 atom stereocenters. The van der Waals surface area contributed by atoms with Crippen LogP contribution in [-0.4, -0.2) is 36.0 Å². The molecule has 0 bridgehead atoms. The maximum Gasteiger partial charge on any atom is 0.341 e. The lowest BCUT2D eigenvalue weighted by atomic mass is 10.1. The molecule has 0 unspecified atom stereocenters. The highest BCUT2D eigenvalue weighted by Crippen LogP contribution is 2.35. The second-order valence-corrected chi connectivity index (χ2v) is 11.7. The second kappa shape index (κ2) is 13.7. The molecule has 0 radical (unpaired) electrons. The SMILES string of the molecule is CCc1c(C)sc(NC(=O)CCCC(=O)Nc2sc(C)c(CC)c2C(=O)OC(C)C)c1C(=O)OC(C)C. The maximum absolute atomic E-state index is 12.7. The van der Waals surface area contributed by atoms with Crippen LogP contribution in [0.1, 0.15) is 102 Å². The quantitative estimate of drug-likeness (QED) is 0.295. The van der Waals surface area contributed by atoms with Crippen molar-refractivity contribution >= 4 is 56.4 Å². The van der Waals surface area contributed by atoms with Gasteiger partial charge in [-0.05, 0) is 71.9 Å². The fourth-order valence-corrected chi connectivity index (χ4v) is 6.25. The summed E-state index contributed by atoms with van der Waals surface area (Å²) in [6.07, 6.45) is 1.28. The van der Waals surface area contributed by atoms with Gasteiger partial charge < -0.3 is 20.1 Å². The molecule has 204 valence electrons. The van der Waals surface area contributed by atoms with E-state index in [4.69, 9.17) is 9.47 Å².